The van der Waals surface area contributed by atoms with Gasteiger partial charge in [0.25, 0.3) is 12.4 Å². The third kappa shape index (κ3) is 5.90. The third-order valence-electron chi connectivity index (χ3n) is 5.16. The van der Waals surface area contributed by atoms with Crippen LogP contribution >= 0.6 is 0 Å². The number of alkyl halides is 3. The van der Waals surface area contributed by atoms with Gasteiger partial charge < -0.3 is 14.8 Å². The molecule has 32 heavy (non-hydrogen) atoms. The standard InChI is InChI=1S/C20H21F3N4O5/c21-20(22,23)15-3-1-2-14(8-15)10-31-19-18(27(29)30)17(25-11-26-19)16(32-12-28)9-13-4-6-24-7-5-13/h1-3,8,11-13,16,24H,4-7,9-10H2. The van der Waals surface area contributed by atoms with Gasteiger partial charge in [0.05, 0.1) is 10.5 Å². The van der Waals surface area contributed by atoms with E-state index in [1.165, 1.54) is 12.1 Å². The number of piperidine rings is 1. The van der Waals surface area contributed by atoms with Crippen molar-refractivity contribution < 1.29 is 32.4 Å². The normalized spacial score (nSPS) is 15.7. The van der Waals surface area contributed by atoms with Gasteiger partial charge in [-0.15, -0.1) is 0 Å². The maximum atomic E-state index is 12.9. The van der Waals surface area contributed by atoms with Gasteiger partial charge in [-0.25, -0.2) is 4.98 Å². The van der Waals surface area contributed by atoms with Gasteiger partial charge >= 0.3 is 11.9 Å². The molecule has 172 valence electrons. The smallest absolute Gasteiger partial charge is 0.416 e. The van der Waals surface area contributed by atoms with Gasteiger partial charge in [0.2, 0.25) is 0 Å². The van der Waals surface area contributed by atoms with Crippen LogP contribution in [0.2, 0.25) is 0 Å². The summed E-state index contributed by atoms with van der Waals surface area (Å²) in [5.41, 5.74) is -1.41. The molecule has 0 bridgehead atoms. The van der Waals surface area contributed by atoms with Crippen molar-refractivity contribution in [2.24, 2.45) is 5.92 Å². The first kappa shape index (κ1) is 23.4. The van der Waals surface area contributed by atoms with Crippen molar-refractivity contribution in [2.45, 2.75) is 38.1 Å². The van der Waals surface area contributed by atoms with Crippen LogP contribution in [0.1, 0.15) is 42.2 Å². The molecule has 0 saturated carbocycles. The molecular formula is C20H21F3N4O5. The molecule has 3 rings (SSSR count). The second-order valence-electron chi connectivity index (χ2n) is 7.31. The lowest BCUT2D eigenvalue weighted by atomic mass is 9.90. The van der Waals surface area contributed by atoms with Crippen LogP contribution in [0.25, 0.3) is 0 Å². The van der Waals surface area contributed by atoms with Crippen molar-refractivity contribution in [3.8, 4) is 5.88 Å². The number of nitro groups is 1. The Morgan fingerprint density at radius 1 is 1.28 bits per heavy atom. The monoisotopic (exact) mass is 454 g/mol. The summed E-state index contributed by atoms with van der Waals surface area (Å²) in [7, 11) is 0. The molecule has 1 unspecified atom stereocenters. The second-order valence-corrected chi connectivity index (χ2v) is 7.31. The van der Waals surface area contributed by atoms with Crippen LogP contribution in [-0.2, 0) is 22.3 Å². The second kappa shape index (κ2) is 10.4. The fourth-order valence-electron chi connectivity index (χ4n) is 3.60. The largest absolute Gasteiger partial charge is 0.468 e. The maximum Gasteiger partial charge on any atom is 0.416 e. The molecule has 2 aromatic rings. The average molecular weight is 454 g/mol. The predicted octanol–water partition coefficient (Wildman–Crippen LogP) is 3.59. The number of nitrogens with zero attached hydrogens (tertiary/aromatic N) is 3. The Morgan fingerprint density at radius 2 is 2.03 bits per heavy atom. The van der Waals surface area contributed by atoms with Gasteiger partial charge in [0, 0.05) is 0 Å². The quantitative estimate of drug-likeness (QED) is 0.347. The van der Waals surface area contributed by atoms with Crippen LogP contribution < -0.4 is 10.1 Å². The number of ether oxygens (including phenoxy) is 2. The summed E-state index contributed by atoms with van der Waals surface area (Å²) < 4.78 is 49.2. The van der Waals surface area contributed by atoms with E-state index < -0.39 is 34.3 Å². The molecule has 2 heterocycles. The molecule has 0 radical (unpaired) electrons. The highest BCUT2D eigenvalue weighted by Crippen LogP contribution is 2.37. The highest BCUT2D eigenvalue weighted by atomic mass is 19.4. The van der Waals surface area contributed by atoms with Crippen LogP contribution in [0.5, 0.6) is 5.88 Å². The summed E-state index contributed by atoms with van der Waals surface area (Å²) in [5, 5.41) is 15.0. The molecule has 1 aliphatic rings. The fourth-order valence-corrected chi connectivity index (χ4v) is 3.60. The highest BCUT2D eigenvalue weighted by Gasteiger charge is 2.33. The fraction of sp³-hybridized carbons (Fsp3) is 0.450. The molecule has 12 heteroatoms. The lowest BCUT2D eigenvalue weighted by Crippen LogP contribution is -2.29. The number of rotatable bonds is 9. The van der Waals surface area contributed by atoms with E-state index in [9.17, 15) is 28.1 Å². The number of hydrogen-bond donors (Lipinski definition) is 1. The number of nitrogens with one attached hydrogen (secondary N) is 1. The van der Waals surface area contributed by atoms with Crippen LogP contribution in [-0.4, -0.2) is 34.5 Å². The zero-order valence-electron chi connectivity index (χ0n) is 16.9. The molecule has 1 aromatic heterocycles. The zero-order valence-corrected chi connectivity index (χ0v) is 16.9. The summed E-state index contributed by atoms with van der Waals surface area (Å²) in [4.78, 5) is 29.8. The first-order valence-corrected chi connectivity index (χ1v) is 9.87. The summed E-state index contributed by atoms with van der Waals surface area (Å²) in [6.45, 7) is 1.40. The molecule has 1 atom stereocenters. The van der Waals surface area contributed by atoms with Gasteiger partial charge in [-0.05, 0) is 56.0 Å². The number of carbonyl (C=O) groups excluding carboxylic acids is 1. The zero-order chi connectivity index (χ0) is 23.1. The minimum Gasteiger partial charge on any atom is -0.468 e. The lowest BCUT2D eigenvalue weighted by molar-refractivity contribution is -0.388. The van der Waals surface area contributed by atoms with E-state index in [-0.39, 0.29) is 30.3 Å². The molecule has 0 amide bonds. The van der Waals surface area contributed by atoms with E-state index in [4.69, 9.17) is 9.47 Å². The third-order valence-corrected chi connectivity index (χ3v) is 5.16. The number of aromatic nitrogens is 2. The predicted molar refractivity (Wildman–Crippen MR) is 105 cm³/mol. The number of benzene rings is 1. The molecule has 0 aliphatic carbocycles. The van der Waals surface area contributed by atoms with Crippen LogP contribution in [0.15, 0.2) is 30.6 Å². The Labute approximate surface area is 181 Å². The number of halogens is 3. The maximum absolute atomic E-state index is 12.9. The van der Waals surface area contributed by atoms with Gasteiger partial charge in [-0.3, -0.25) is 14.9 Å². The lowest BCUT2D eigenvalue weighted by Gasteiger charge is -2.25. The molecule has 1 aromatic carbocycles. The SMILES string of the molecule is O=COC(CC1CCNCC1)c1ncnc(OCc2cccc(C(F)(F)F)c2)c1[N+](=O)[O-]. The molecule has 0 spiro atoms. The van der Waals surface area contributed by atoms with Crippen molar-refractivity contribution in [3.63, 3.8) is 0 Å². The van der Waals surface area contributed by atoms with Crippen molar-refractivity contribution in [2.75, 3.05) is 13.1 Å². The van der Waals surface area contributed by atoms with Gasteiger partial charge in [-0.1, -0.05) is 12.1 Å². The van der Waals surface area contributed by atoms with Gasteiger partial charge in [0.15, 0.2) is 11.8 Å². The summed E-state index contributed by atoms with van der Waals surface area (Å²) >= 11 is 0. The Bertz CT molecular complexity index is 951. The van der Waals surface area contributed by atoms with Crippen molar-refractivity contribution in [1.82, 2.24) is 15.3 Å². The minimum absolute atomic E-state index is 0.116. The van der Waals surface area contributed by atoms with E-state index in [1.54, 1.807) is 0 Å². The Hall–Kier alpha value is -3.28. The molecular weight excluding hydrogens is 433 g/mol. The molecule has 1 saturated heterocycles. The molecule has 1 N–H and O–H groups in total. The first-order valence-electron chi connectivity index (χ1n) is 9.87. The van der Waals surface area contributed by atoms with E-state index >= 15 is 0 Å². The average Bonchev–Trinajstić information content (AvgIpc) is 2.77. The highest BCUT2D eigenvalue weighted by molar-refractivity contribution is 5.47. The number of hydrogen-bond acceptors (Lipinski definition) is 8. The van der Waals surface area contributed by atoms with E-state index in [2.05, 4.69) is 15.3 Å². The van der Waals surface area contributed by atoms with Gasteiger partial charge in [-0.2, -0.15) is 18.2 Å². The minimum atomic E-state index is -4.53. The Balaban J connectivity index is 1.85. The summed E-state index contributed by atoms with van der Waals surface area (Å²) in [6.07, 6.45) is -2.50. The van der Waals surface area contributed by atoms with Crippen molar-refractivity contribution in [3.05, 3.63) is 57.5 Å². The first-order chi connectivity index (χ1) is 15.3. The molecule has 1 fully saturated rings. The van der Waals surface area contributed by atoms with E-state index in [0.29, 0.717) is 6.42 Å². The van der Waals surface area contributed by atoms with E-state index in [0.717, 1.165) is 44.4 Å². The summed E-state index contributed by atoms with van der Waals surface area (Å²) in [6, 6.07) is 4.42. The van der Waals surface area contributed by atoms with Crippen LogP contribution in [0, 0.1) is 16.0 Å². The van der Waals surface area contributed by atoms with Crippen LogP contribution in [0.3, 0.4) is 0 Å². The van der Waals surface area contributed by atoms with Gasteiger partial charge in [0.1, 0.15) is 12.9 Å². The number of carbonyl (C=O) groups is 1. The Morgan fingerprint density at radius 3 is 2.69 bits per heavy atom. The molecule has 1 aliphatic heterocycles. The van der Waals surface area contributed by atoms with Crippen molar-refractivity contribution in [1.29, 1.82) is 0 Å². The van der Waals surface area contributed by atoms with Crippen molar-refractivity contribution >= 4 is 12.2 Å². The molecule has 9 nitrogen and oxygen atoms in total. The summed E-state index contributed by atoms with van der Waals surface area (Å²) in [5.74, 6) is -0.243. The van der Waals surface area contributed by atoms with E-state index in [1.807, 2.05) is 0 Å². The topological polar surface area (TPSA) is 116 Å². The Kier molecular flexibility index (Phi) is 7.57. The van der Waals surface area contributed by atoms with Crippen LogP contribution in [0.4, 0.5) is 18.9 Å².